The van der Waals surface area contributed by atoms with E-state index in [2.05, 4.69) is 26.3 Å². The third-order valence-electron chi connectivity index (χ3n) is 0.406. The third-order valence-corrected chi connectivity index (χ3v) is 1.60. The van der Waals surface area contributed by atoms with Crippen LogP contribution in [0.25, 0.3) is 0 Å². The zero-order chi connectivity index (χ0) is 5.28. The van der Waals surface area contributed by atoms with E-state index in [4.69, 9.17) is 0 Å². The Morgan fingerprint density at radius 2 is 2.57 bits per heavy atom. The monoisotopic (exact) mass is 180 g/mol. The Hall–Kier alpha value is 0.0400. The Morgan fingerprint density at radius 1 is 1.86 bits per heavy atom. The molecule has 0 saturated heterocycles. The summed E-state index contributed by atoms with van der Waals surface area (Å²) >= 11 is 3.79. The summed E-state index contributed by atoms with van der Waals surface area (Å²) in [4.78, 5) is 3.32. The summed E-state index contributed by atoms with van der Waals surface area (Å²) in [5, 5.41) is 2.09. The molecule has 0 aliphatic carbocycles. The highest BCUT2D eigenvalue weighted by molar-refractivity contribution is 9.10. The number of halogens is 2. The van der Waals surface area contributed by atoms with Crippen molar-refractivity contribution in [2.24, 2.45) is 0 Å². The SMILES string of the molecule is Fc1nc(Br)[c]s1. The number of rotatable bonds is 0. The highest BCUT2D eigenvalue weighted by Crippen LogP contribution is 2.10. The minimum absolute atomic E-state index is 0.440. The van der Waals surface area contributed by atoms with Gasteiger partial charge in [0.15, 0.2) is 0 Å². The van der Waals surface area contributed by atoms with Gasteiger partial charge in [-0.2, -0.15) is 4.39 Å². The smallest absolute Gasteiger partial charge is 0.202 e. The van der Waals surface area contributed by atoms with E-state index in [9.17, 15) is 4.39 Å². The van der Waals surface area contributed by atoms with Crippen LogP contribution in [0.4, 0.5) is 4.39 Å². The lowest BCUT2D eigenvalue weighted by atomic mass is 11.0. The van der Waals surface area contributed by atoms with Crippen molar-refractivity contribution in [1.82, 2.24) is 4.98 Å². The molecule has 1 aromatic heterocycles. The van der Waals surface area contributed by atoms with Gasteiger partial charge in [0.05, 0.1) is 5.38 Å². The fourth-order valence-corrected chi connectivity index (χ4v) is 1.07. The van der Waals surface area contributed by atoms with Crippen LogP contribution < -0.4 is 0 Å². The summed E-state index contributed by atoms with van der Waals surface area (Å²) in [5.41, 5.74) is 0. The van der Waals surface area contributed by atoms with Gasteiger partial charge in [0.25, 0.3) is 5.26 Å². The topological polar surface area (TPSA) is 12.9 Å². The van der Waals surface area contributed by atoms with E-state index < -0.39 is 5.26 Å². The van der Waals surface area contributed by atoms with Gasteiger partial charge in [-0.15, -0.1) is 0 Å². The maximum Gasteiger partial charge on any atom is 0.270 e. The summed E-state index contributed by atoms with van der Waals surface area (Å²) in [6, 6.07) is 0. The van der Waals surface area contributed by atoms with Crippen LogP contribution in [0.15, 0.2) is 4.60 Å². The van der Waals surface area contributed by atoms with Crippen LogP contribution in [-0.4, -0.2) is 4.98 Å². The van der Waals surface area contributed by atoms with Crippen LogP contribution in [0.5, 0.6) is 0 Å². The quantitative estimate of drug-likeness (QED) is 0.595. The van der Waals surface area contributed by atoms with Crippen LogP contribution in [0.1, 0.15) is 0 Å². The Morgan fingerprint density at radius 3 is 2.71 bits per heavy atom. The number of nitrogens with zero attached hydrogens (tertiary/aromatic N) is 1. The molecule has 1 aromatic rings. The molecule has 0 aromatic carbocycles. The summed E-state index contributed by atoms with van der Waals surface area (Å²) in [6.07, 6.45) is 0. The molecule has 1 heterocycles. The van der Waals surface area contributed by atoms with Crippen molar-refractivity contribution >= 4 is 27.3 Å². The van der Waals surface area contributed by atoms with Gasteiger partial charge >= 0.3 is 0 Å². The first kappa shape index (κ1) is 5.18. The largest absolute Gasteiger partial charge is 0.270 e. The van der Waals surface area contributed by atoms with Crippen LogP contribution in [-0.2, 0) is 0 Å². The van der Waals surface area contributed by atoms with Crippen molar-refractivity contribution < 1.29 is 4.39 Å². The molecule has 0 amide bonds. The van der Waals surface area contributed by atoms with E-state index in [-0.39, 0.29) is 0 Å². The molecule has 0 saturated carbocycles. The van der Waals surface area contributed by atoms with Gasteiger partial charge in [0.2, 0.25) is 0 Å². The summed E-state index contributed by atoms with van der Waals surface area (Å²) < 4.78 is 12.2. The standard InChI is InChI=1S/C3BrFNS/c4-2-1-7-3(5)6-2. The Bertz CT molecular complexity index is 147. The Balaban J connectivity index is 3.04. The molecule has 0 atom stereocenters. The van der Waals surface area contributed by atoms with Gasteiger partial charge in [-0.1, -0.05) is 11.3 Å². The molecular weight excluding hydrogens is 181 g/mol. The highest BCUT2D eigenvalue weighted by Gasteiger charge is 1.93. The molecule has 0 aliphatic rings. The number of thiazole rings is 1. The van der Waals surface area contributed by atoms with Crippen molar-refractivity contribution in [3.8, 4) is 0 Å². The van der Waals surface area contributed by atoms with Gasteiger partial charge in [-0.05, 0) is 15.9 Å². The lowest BCUT2D eigenvalue weighted by Crippen LogP contribution is -1.62. The summed E-state index contributed by atoms with van der Waals surface area (Å²) in [5.74, 6) is 0. The van der Waals surface area contributed by atoms with Crippen molar-refractivity contribution in [3.05, 3.63) is 15.2 Å². The maximum absolute atomic E-state index is 11.8. The van der Waals surface area contributed by atoms with E-state index >= 15 is 0 Å². The number of aromatic nitrogens is 1. The van der Waals surface area contributed by atoms with E-state index in [0.29, 0.717) is 4.60 Å². The van der Waals surface area contributed by atoms with Gasteiger partial charge < -0.3 is 0 Å². The Labute approximate surface area is 52.3 Å². The molecule has 37 valence electrons. The molecule has 1 rings (SSSR count). The second-order valence-electron chi connectivity index (χ2n) is 0.860. The predicted octanol–water partition coefficient (Wildman–Crippen LogP) is 1.84. The first-order valence-electron chi connectivity index (χ1n) is 1.48. The summed E-state index contributed by atoms with van der Waals surface area (Å²) in [7, 11) is 0. The molecule has 4 heteroatoms. The number of hydrogen-bond donors (Lipinski definition) is 0. The van der Waals surface area contributed by atoms with Gasteiger partial charge in [0.1, 0.15) is 4.60 Å². The van der Waals surface area contributed by atoms with Crippen LogP contribution >= 0.6 is 27.3 Å². The van der Waals surface area contributed by atoms with Gasteiger partial charge in [-0.3, -0.25) is 0 Å². The molecule has 7 heavy (non-hydrogen) atoms. The zero-order valence-electron chi connectivity index (χ0n) is 3.11. The number of hydrogen-bond acceptors (Lipinski definition) is 2. The molecule has 0 unspecified atom stereocenters. The zero-order valence-corrected chi connectivity index (χ0v) is 5.51. The van der Waals surface area contributed by atoms with Gasteiger partial charge in [0, 0.05) is 0 Å². The average molecular weight is 181 g/mol. The van der Waals surface area contributed by atoms with Crippen LogP contribution in [0.2, 0.25) is 0 Å². The molecule has 0 bridgehead atoms. The van der Waals surface area contributed by atoms with Crippen molar-refractivity contribution in [3.63, 3.8) is 0 Å². The van der Waals surface area contributed by atoms with E-state index in [1.165, 1.54) is 0 Å². The second-order valence-corrected chi connectivity index (χ2v) is 2.36. The van der Waals surface area contributed by atoms with Crippen molar-refractivity contribution in [1.29, 1.82) is 0 Å². The first-order valence-corrected chi connectivity index (χ1v) is 3.09. The molecule has 1 radical (unpaired) electrons. The first-order chi connectivity index (χ1) is 3.29. The normalized spacial score (nSPS) is 9.43. The predicted molar refractivity (Wildman–Crippen MR) is 28.6 cm³/mol. The van der Waals surface area contributed by atoms with E-state index in [1.54, 1.807) is 0 Å². The highest BCUT2D eigenvalue weighted by atomic mass is 79.9. The fourth-order valence-electron chi connectivity index (χ4n) is 0.207. The molecule has 1 nitrogen and oxygen atoms in total. The van der Waals surface area contributed by atoms with E-state index in [0.717, 1.165) is 11.3 Å². The maximum atomic E-state index is 11.8. The lowest BCUT2D eigenvalue weighted by molar-refractivity contribution is 0.615. The van der Waals surface area contributed by atoms with Crippen LogP contribution in [0, 0.1) is 10.6 Å². The average Bonchev–Trinajstić information content (AvgIpc) is 1.87. The third kappa shape index (κ3) is 1.21. The van der Waals surface area contributed by atoms with Crippen molar-refractivity contribution in [2.75, 3.05) is 0 Å². The minimum Gasteiger partial charge on any atom is -0.202 e. The van der Waals surface area contributed by atoms with Crippen molar-refractivity contribution in [2.45, 2.75) is 0 Å². The van der Waals surface area contributed by atoms with Crippen LogP contribution in [0.3, 0.4) is 0 Å². The molecule has 0 aliphatic heterocycles. The lowest BCUT2D eigenvalue weighted by Gasteiger charge is -1.64. The molecule has 0 spiro atoms. The minimum atomic E-state index is -0.452. The Kier molecular flexibility index (Phi) is 1.39. The molecule has 0 fully saturated rings. The molecular formula is C3BrFNS. The molecule has 0 N–H and O–H groups in total. The summed E-state index contributed by atoms with van der Waals surface area (Å²) in [6.45, 7) is 0. The second kappa shape index (κ2) is 1.88. The van der Waals surface area contributed by atoms with E-state index in [1.807, 2.05) is 0 Å². The van der Waals surface area contributed by atoms with Gasteiger partial charge in [-0.25, -0.2) is 4.98 Å². The fraction of sp³-hybridized carbons (Fsp3) is 0.